The Morgan fingerprint density at radius 1 is 0.938 bits per heavy atom. The molecule has 0 N–H and O–H groups in total. The standard InChI is InChI=1S/C27H38N2O3/c1-30-20-19-28(16-8-11-24-9-4-6-12-26(24)31-2)21-23-14-17-29(18-15-23)22-25-10-5-7-13-27(25)32-3/h4-13,23H,14-22H2,1-3H3/b11-8+. The molecule has 0 aliphatic carbocycles. The molecule has 1 saturated heterocycles. The molecule has 1 heterocycles. The van der Waals surface area contributed by atoms with E-state index in [0.29, 0.717) is 0 Å². The van der Waals surface area contributed by atoms with Crippen LogP contribution in [0.4, 0.5) is 0 Å². The zero-order valence-electron chi connectivity index (χ0n) is 19.8. The zero-order chi connectivity index (χ0) is 22.6. The van der Waals surface area contributed by atoms with E-state index in [1.165, 1.54) is 18.4 Å². The van der Waals surface area contributed by atoms with Crippen LogP contribution >= 0.6 is 0 Å². The van der Waals surface area contributed by atoms with E-state index in [0.717, 1.165) is 68.9 Å². The van der Waals surface area contributed by atoms with Gasteiger partial charge >= 0.3 is 0 Å². The predicted molar refractivity (Wildman–Crippen MR) is 131 cm³/mol. The van der Waals surface area contributed by atoms with Crippen molar-refractivity contribution in [2.24, 2.45) is 5.92 Å². The van der Waals surface area contributed by atoms with Crippen molar-refractivity contribution in [3.63, 3.8) is 0 Å². The topological polar surface area (TPSA) is 34.2 Å². The van der Waals surface area contributed by atoms with Crippen LogP contribution in [-0.4, -0.2) is 70.5 Å². The third-order valence-corrected chi connectivity index (χ3v) is 6.22. The fourth-order valence-corrected chi connectivity index (χ4v) is 4.38. The van der Waals surface area contributed by atoms with Crippen molar-refractivity contribution < 1.29 is 14.2 Å². The van der Waals surface area contributed by atoms with Gasteiger partial charge in [0, 0.05) is 44.4 Å². The van der Waals surface area contributed by atoms with E-state index in [4.69, 9.17) is 14.2 Å². The molecule has 1 aliphatic heterocycles. The van der Waals surface area contributed by atoms with Crippen molar-refractivity contribution in [3.8, 4) is 11.5 Å². The number of hydrogen-bond acceptors (Lipinski definition) is 5. The lowest BCUT2D eigenvalue weighted by atomic mass is 9.95. The van der Waals surface area contributed by atoms with E-state index in [9.17, 15) is 0 Å². The van der Waals surface area contributed by atoms with Crippen LogP contribution in [0.1, 0.15) is 24.0 Å². The lowest BCUT2D eigenvalue weighted by molar-refractivity contribution is 0.116. The number of methoxy groups -OCH3 is 3. The Morgan fingerprint density at radius 3 is 2.34 bits per heavy atom. The van der Waals surface area contributed by atoms with Crippen LogP contribution in [0.5, 0.6) is 11.5 Å². The summed E-state index contributed by atoms with van der Waals surface area (Å²) in [6.45, 7) is 6.98. The highest BCUT2D eigenvalue weighted by molar-refractivity contribution is 5.57. The number of piperidine rings is 1. The molecule has 0 atom stereocenters. The molecule has 0 unspecified atom stereocenters. The van der Waals surface area contributed by atoms with Gasteiger partial charge in [0.15, 0.2) is 0 Å². The SMILES string of the molecule is COCCN(C/C=C/c1ccccc1OC)CC1CCN(Cc2ccccc2OC)CC1. The zero-order valence-corrected chi connectivity index (χ0v) is 19.8. The Labute approximate surface area is 193 Å². The first-order chi connectivity index (χ1) is 15.7. The average molecular weight is 439 g/mol. The molecule has 2 aromatic rings. The van der Waals surface area contributed by atoms with Crippen LogP contribution in [0.3, 0.4) is 0 Å². The summed E-state index contributed by atoms with van der Waals surface area (Å²) in [5.74, 6) is 2.62. The third-order valence-electron chi connectivity index (χ3n) is 6.22. The molecule has 0 aromatic heterocycles. The van der Waals surface area contributed by atoms with Gasteiger partial charge in [0.25, 0.3) is 0 Å². The Kier molecular flexibility index (Phi) is 10.1. The molecule has 0 saturated carbocycles. The Bertz CT molecular complexity index is 831. The first kappa shape index (κ1) is 24.3. The average Bonchev–Trinajstić information content (AvgIpc) is 2.84. The maximum Gasteiger partial charge on any atom is 0.126 e. The largest absolute Gasteiger partial charge is 0.496 e. The van der Waals surface area contributed by atoms with Gasteiger partial charge in [-0.15, -0.1) is 0 Å². The molecule has 174 valence electrons. The van der Waals surface area contributed by atoms with Crippen molar-refractivity contribution >= 4 is 6.08 Å². The molecule has 32 heavy (non-hydrogen) atoms. The van der Waals surface area contributed by atoms with Crippen LogP contribution in [-0.2, 0) is 11.3 Å². The fourth-order valence-electron chi connectivity index (χ4n) is 4.38. The molecule has 3 rings (SSSR count). The maximum atomic E-state index is 5.52. The molecule has 0 radical (unpaired) electrons. The van der Waals surface area contributed by atoms with Crippen LogP contribution in [0.25, 0.3) is 6.08 Å². The molecule has 0 amide bonds. The number of nitrogens with zero attached hydrogens (tertiary/aromatic N) is 2. The van der Waals surface area contributed by atoms with Gasteiger partial charge in [-0.25, -0.2) is 0 Å². The minimum Gasteiger partial charge on any atom is -0.496 e. The summed E-state index contributed by atoms with van der Waals surface area (Å²) in [6.07, 6.45) is 6.86. The minimum atomic E-state index is 0.723. The van der Waals surface area contributed by atoms with Gasteiger partial charge in [-0.1, -0.05) is 48.6 Å². The number of hydrogen-bond donors (Lipinski definition) is 0. The van der Waals surface area contributed by atoms with Crippen LogP contribution < -0.4 is 9.47 Å². The number of para-hydroxylation sites is 2. The summed E-state index contributed by atoms with van der Waals surface area (Å²) in [7, 11) is 5.25. The fraction of sp³-hybridized carbons (Fsp3) is 0.481. The van der Waals surface area contributed by atoms with E-state index in [1.807, 2.05) is 30.3 Å². The van der Waals surface area contributed by atoms with Crippen molar-refractivity contribution in [3.05, 3.63) is 65.7 Å². The number of likely N-dealkylation sites (tertiary alicyclic amines) is 1. The Balaban J connectivity index is 1.50. The number of benzene rings is 2. The number of ether oxygens (including phenoxy) is 3. The molecule has 5 nitrogen and oxygen atoms in total. The van der Waals surface area contributed by atoms with Gasteiger partial charge in [-0.05, 0) is 44.0 Å². The second kappa shape index (κ2) is 13.3. The Morgan fingerprint density at radius 2 is 1.62 bits per heavy atom. The summed E-state index contributed by atoms with van der Waals surface area (Å²) < 4.78 is 16.3. The van der Waals surface area contributed by atoms with Gasteiger partial charge in [0.05, 0.1) is 20.8 Å². The highest BCUT2D eigenvalue weighted by Gasteiger charge is 2.22. The highest BCUT2D eigenvalue weighted by Crippen LogP contribution is 2.24. The van der Waals surface area contributed by atoms with E-state index in [1.54, 1.807) is 21.3 Å². The van der Waals surface area contributed by atoms with E-state index >= 15 is 0 Å². The first-order valence-electron chi connectivity index (χ1n) is 11.6. The monoisotopic (exact) mass is 438 g/mol. The minimum absolute atomic E-state index is 0.723. The van der Waals surface area contributed by atoms with Crippen molar-refractivity contribution in [1.82, 2.24) is 9.80 Å². The van der Waals surface area contributed by atoms with E-state index in [2.05, 4.69) is 40.2 Å². The van der Waals surface area contributed by atoms with Gasteiger partial charge in [0.1, 0.15) is 11.5 Å². The van der Waals surface area contributed by atoms with Gasteiger partial charge in [0.2, 0.25) is 0 Å². The summed E-state index contributed by atoms with van der Waals surface area (Å²) in [4.78, 5) is 5.06. The smallest absolute Gasteiger partial charge is 0.126 e. The molecule has 1 aliphatic rings. The molecule has 0 bridgehead atoms. The van der Waals surface area contributed by atoms with Crippen LogP contribution in [0, 0.1) is 5.92 Å². The summed E-state index contributed by atoms with van der Waals surface area (Å²) in [5.41, 5.74) is 2.39. The highest BCUT2D eigenvalue weighted by atomic mass is 16.5. The van der Waals surface area contributed by atoms with Gasteiger partial charge in [-0.2, -0.15) is 0 Å². The second-order valence-electron chi connectivity index (χ2n) is 8.43. The molecule has 2 aromatic carbocycles. The van der Waals surface area contributed by atoms with Crippen LogP contribution in [0.15, 0.2) is 54.6 Å². The summed E-state index contributed by atoms with van der Waals surface area (Å²) in [6, 6.07) is 16.5. The normalized spacial score (nSPS) is 15.5. The molecule has 5 heteroatoms. The molecule has 0 spiro atoms. The number of rotatable bonds is 12. The van der Waals surface area contributed by atoms with Gasteiger partial charge in [-0.3, -0.25) is 9.80 Å². The van der Waals surface area contributed by atoms with Crippen molar-refractivity contribution in [2.75, 3.05) is 60.7 Å². The van der Waals surface area contributed by atoms with Crippen molar-refractivity contribution in [1.29, 1.82) is 0 Å². The summed E-state index contributed by atoms with van der Waals surface area (Å²) in [5, 5.41) is 0. The van der Waals surface area contributed by atoms with Gasteiger partial charge < -0.3 is 14.2 Å². The second-order valence-corrected chi connectivity index (χ2v) is 8.43. The lowest BCUT2D eigenvalue weighted by Gasteiger charge is -2.34. The first-order valence-corrected chi connectivity index (χ1v) is 11.6. The lowest BCUT2D eigenvalue weighted by Crippen LogP contribution is -2.39. The van der Waals surface area contributed by atoms with Crippen molar-refractivity contribution in [2.45, 2.75) is 19.4 Å². The van der Waals surface area contributed by atoms with E-state index in [-0.39, 0.29) is 0 Å². The predicted octanol–water partition coefficient (Wildman–Crippen LogP) is 4.58. The molecule has 1 fully saturated rings. The molecular formula is C27H38N2O3. The molecular weight excluding hydrogens is 400 g/mol. The third kappa shape index (κ3) is 7.37. The van der Waals surface area contributed by atoms with E-state index < -0.39 is 0 Å². The summed E-state index contributed by atoms with van der Waals surface area (Å²) >= 11 is 0. The van der Waals surface area contributed by atoms with Crippen LogP contribution in [0.2, 0.25) is 0 Å². The Hall–Kier alpha value is -2.34. The maximum absolute atomic E-state index is 5.52. The quantitative estimate of drug-likeness (QED) is 0.485.